The lowest BCUT2D eigenvalue weighted by molar-refractivity contribution is -0.116. The molecule has 1 atom stereocenters. The van der Waals surface area contributed by atoms with E-state index in [-0.39, 0.29) is 12.3 Å². The highest BCUT2D eigenvalue weighted by Gasteiger charge is 2.20. The topological polar surface area (TPSA) is 84.5 Å². The summed E-state index contributed by atoms with van der Waals surface area (Å²) in [5.41, 5.74) is 1.32. The summed E-state index contributed by atoms with van der Waals surface area (Å²) in [4.78, 5) is 12.3. The molecule has 0 saturated carbocycles. The predicted molar refractivity (Wildman–Crippen MR) is 101 cm³/mol. The van der Waals surface area contributed by atoms with E-state index in [0.29, 0.717) is 17.0 Å². The fourth-order valence-corrected chi connectivity index (χ4v) is 3.25. The Kier molecular flexibility index (Phi) is 6.57. The minimum atomic E-state index is -3.48. The van der Waals surface area contributed by atoms with Crippen molar-refractivity contribution in [2.75, 3.05) is 18.7 Å². The van der Waals surface area contributed by atoms with Gasteiger partial charge in [0.05, 0.1) is 19.4 Å². The molecule has 0 bridgehead atoms. The number of methoxy groups -OCH3 is 1. The maximum absolute atomic E-state index is 12.3. The standard InChI is InChI=1S/C17H19BrN2O4S/c1-24-15-9-3-12(4-10-15)16(20-25(2,22)23)11-17(21)19-14-7-5-13(18)6-8-14/h3-10,16,20H,11H2,1-2H3,(H,19,21). The Bertz CT molecular complexity index is 821. The smallest absolute Gasteiger partial charge is 0.226 e. The van der Waals surface area contributed by atoms with Crippen LogP contribution in [0, 0.1) is 0 Å². The number of benzene rings is 2. The van der Waals surface area contributed by atoms with Crippen LogP contribution >= 0.6 is 15.9 Å². The van der Waals surface area contributed by atoms with Crippen molar-refractivity contribution in [1.82, 2.24) is 4.72 Å². The molecule has 0 fully saturated rings. The highest BCUT2D eigenvalue weighted by Crippen LogP contribution is 2.22. The number of rotatable bonds is 7. The maximum Gasteiger partial charge on any atom is 0.226 e. The summed E-state index contributed by atoms with van der Waals surface area (Å²) in [7, 11) is -1.93. The van der Waals surface area contributed by atoms with Gasteiger partial charge in [0.1, 0.15) is 5.75 Å². The Morgan fingerprint density at radius 3 is 2.24 bits per heavy atom. The van der Waals surface area contributed by atoms with Crippen LogP contribution in [-0.4, -0.2) is 27.7 Å². The van der Waals surface area contributed by atoms with E-state index >= 15 is 0 Å². The first kappa shape index (κ1) is 19.4. The highest BCUT2D eigenvalue weighted by molar-refractivity contribution is 9.10. The first-order chi connectivity index (χ1) is 11.8. The quantitative estimate of drug-likeness (QED) is 0.712. The molecule has 1 unspecified atom stereocenters. The van der Waals surface area contributed by atoms with Crippen LogP contribution < -0.4 is 14.8 Å². The van der Waals surface area contributed by atoms with E-state index < -0.39 is 16.1 Å². The number of nitrogens with one attached hydrogen (secondary N) is 2. The lowest BCUT2D eigenvalue weighted by Crippen LogP contribution is -2.30. The SMILES string of the molecule is COc1ccc(C(CC(=O)Nc2ccc(Br)cc2)NS(C)(=O)=O)cc1. The Balaban J connectivity index is 2.14. The van der Waals surface area contributed by atoms with Crippen molar-refractivity contribution in [3.05, 3.63) is 58.6 Å². The number of hydrogen-bond donors (Lipinski definition) is 2. The average molecular weight is 427 g/mol. The fourth-order valence-electron chi connectivity index (χ4n) is 2.25. The van der Waals surface area contributed by atoms with Crippen LogP contribution in [0.5, 0.6) is 5.75 Å². The molecular formula is C17H19BrN2O4S. The first-order valence-electron chi connectivity index (χ1n) is 7.43. The summed E-state index contributed by atoms with van der Waals surface area (Å²) in [6.07, 6.45) is 1.03. The average Bonchev–Trinajstić information content (AvgIpc) is 2.55. The van der Waals surface area contributed by atoms with Gasteiger partial charge in [0.15, 0.2) is 0 Å². The Labute approximate surface area is 155 Å². The number of carbonyl (C=O) groups is 1. The molecule has 0 aliphatic carbocycles. The monoisotopic (exact) mass is 426 g/mol. The largest absolute Gasteiger partial charge is 0.497 e. The molecule has 2 aromatic carbocycles. The third-order valence-electron chi connectivity index (χ3n) is 3.39. The van der Waals surface area contributed by atoms with E-state index in [9.17, 15) is 13.2 Å². The van der Waals surface area contributed by atoms with Crippen LogP contribution in [0.3, 0.4) is 0 Å². The zero-order chi connectivity index (χ0) is 18.4. The van der Waals surface area contributed by atoms with Crippen molar-refractivity contribution < 1.29 is 17.9 Å². The van der Waals surface area contributed by atoms with E-state index in [1.165, 1.54) is 0 Å². The van der Waals surface area contributed by atoms with Crippen LogP contribution in [0.25, 0.3) is 0 Å². The van der Waals surface area contributed by atoms with Gasteiger partial charge in [0.25, 0.3) is 0 Å². The molecule has 6 nitrogen and oxygen atoms in total. The van der Waals surface area contributed by atoms with Crippen molar-refractivity contribution in [3.8, 4) is 5.75 Å². The van der Waals surface area contributed by atoms with Crippen LogP contribution in [-0.2, 0) is 14.8 Å². The molecule has 2 rings (SSSR count). The van der Waals surface area contributed by atoms with Gasteiger partial charge in [0.2, 0.25) is 15.9 Å². The second-order valence-electron chi connectivity index (χ2n) is 5.47. The summed E-state index contributed by atoms with van der Waals surface area (Å²) in [5.74, 6) is 0.362. The van der Waals surface area contributed by atoms with Gasteiger partial charge in [0, 0.05) is 16.6 Å². The maximum atomic E-state index is 12.3. The van der Waals surface area contributed by atoms with Crippen molar-refractivity contribution >= 4 is 37.5 Å². The zero-order valence-corrected chi connectivity index (χ0v) is 16.2. The van der Waals surface area contributed by atoms with E-state index in [4.69, 9.17) is 4.74 Å². The number of ether oxygens (including phenoxy) is 1. The summed E-state index contributed by atoms with van der Waals surface area (Å²) in [5, 5.41) is 2.76. The van der Waals surface area contributed by atoms with E-state index in [0.717, 1.165) is 10.7 Å². The number of hydrogen-bond acceptors (Lipinski definition) is 4. The molecule has 8 heteroatoms. The van der Waals surface area contributed by atoms with Crippen LogP contribution in [0.4, 0.5) is 5.69 Å². The Morgan fingerprint density at radius 2 is 1.72 bits per heavy atom. The van der Waals surface area contributed by atoms with Crippen LogP contribution in [0.15, 0.2) is 53.0 Å². The van der Waals surface area contributed by atoms with E-state index in [2.05, 4.69) is 26.0 Å². The number of halogens is 1. The Hall–Kier alpha value is -1.90. The van der Waals surface area contributed by atoms with Crippen molar-refractivity contribution in [3.63, 3.8) is 0 Å². The molecule has 0 radical (unpaired) electrons. The lowest BCUT2D eigenvalue weighted by atomic mass is 10.0. The molecule has 0 spiro atoms. The summed E-state index contributed by atoms with van der Waals surface area (Å²) < 4.78 is 31.8. The van der Waals surface area contributed by atoms with Crippen LogP contribution in [0.2, 0.25) is 0 Å². The van der Waals surface area contributed by atoms with E-state index in [1.54, 1.807) is 43.5 Å². The molecule has 0 aromatic heterocycles. The normalized spacial score (nSPS) is 12.4. The third kappa shape index (κ3) is 6.49. The minimum absolute atomic E-state index is 0.0323. The van der Waals surface area contributed by atoms with Crippen LogP contribution in [0.1, 0.15) is 18.0 Å². The molecule has 25 heavy (non-hydrogen) atoms. The molecular weight excluding hydrogens is 408 g/mol. The second kappa shape index (κ2) is 8.46. The number of amides is 1. The molecule has 2 N–H and O–H groups in total. The highest BCUT2D eigenvalue weighted by atomic mass is 79.9. The van der Waals surface area contributed by atoms with Crippen molar-refractivity contribution in [2.45, 2.75) is 12.5 Å². The van der Waals surface area contributed by atoms with Crippen molar-refractivity contribution in [2.24, 2.45) is 0 Å². The fraction of sp³-hybridized carbons (Fsp3) is 0.235. The van der Waals surface area contributed by atoms with Gasteiger partial charge in [-0.1, -0.05) is 28.1 Å². The van der Waals surface area contributed by atoms with Gasteiger partial charge in [-0.3, -0.25) is 4.79 Å². The number of anilines is 1. The number of sulfonamides is 1. The van der Waals surface area contributed by atoms with Gasteiger partial charge in [-0.15, -0.1) is 0 Å². The van der Waals surface area contributed by atoms with E-state index in [1.807, 2.05) is 12.1 Å². The Morgan fingerprint density at radius 1 is 1.12 bits per heavy atom. The molecule has 134 valence electrons. The number of carbonyl (C=O) groups excluding carboxylic acids is 1. The molecule has 0 heterocycles. The molecule has 0 aliphatic rings. The predicted octanol–water partition coefficient (Wildman–Crippen LogP) is 3.08. The zero-order valence-electron chi connectivity index (χ0n) is 13.8. The van der Waals surface area contributed by atoms with Gasteiger partial charge in [-0.2, -0.15) is 0 Å². The van der Waals surface area contributed by atoms with Gasteiger partial charge >= 0.3 is 0 Å². The third-order valence-corrected chi connectivity index (χ3v) is 4.63. The summed E-state index contributed by atoms with van der Waals surface area (Å²) >= 11 is 3.33. The minimum Gasteiger partial charge on any atom is -0.497 e. The van der Waals surface area contributed by atoms with Crippen molar-refractivity contribution in [1.29, 1.82) is 0 Å². The molecule has 0 aliphatic heterocycles. The van der Waals surface area contributed by atoms with Gasteiger partial charge in [-0.25, -0.2) is 13.1 Å². The first-order valence-corrected chi connectivity index (χ1v) is 10.1. The summed E-state index contributed by atoms with van der Waals surface area (Å²) in [6, 6.07) is 13.4. The molecule has 2 aromatic rings. The second-order valence-corrected chi connectivity index (χ2v) is 8.17. The lowest BCUT2D eigenvalue weighted by Gasteiger charge is -2.18. The molecule has 0 saturated heterocycles. The molecule has 1 amide bonds. The van der Waals surface area contributed by atoms with Gasteiger partial charge in [-0.05, 0) is 42.0 Å². The van der Waals surface area contributed by atoms with Gasteiger partial charge < -0.3 is 10.1 Å². The summed E-state index contributed by atoms with van der Waals surface area (Å²) in [6.45, 7) is 0.